The molecule has 8 nitrogen and oxygen atoms in total. The smallest absolute Gasteiger partial charge is 0.377 e. The van der Waals surface area contributed by atoms with Crippen molar-refractivity contribution in [1.29, 1.82) is 0 Å². The predicted molar refractivity (Wildman–Crippen MR) is 148 cm³/mol. The van der Waals surface area contributed by atoms with Gasteiger partial charge in [0.1, 0.15) is 0 Å². The van der Waals surface area contributed by atoms with E-state index < -0.39 is 17.6 Å². The van der Waals surface area contributed by atoms with Crippen molar-refractivity contribution in [2.75, 3.05) is 94.4 Å². The van der Waals surface area contributed by atoms with Gasteiger partial charge in [-0.25, -0.2) is 0 Å². The minimum Gasteiger partial charge on any atom is -0.377 e. The Labute approximate surface area is 213 Å². The largest absolute Gasteiger partial charge is 0.500 e. The molecule has 0 N–H and O–H groups in total. The number of hydrogen-bond donors (Lipinski definition) is 0. The third kappa shape index (κ3) is 16.2. The van der Waals surface area contributed by atoms with Crippen LogP contribution in [0.25, 0.3) is 0 Å². The van der Waals surface area contributed by atoms with Gasteiger partial charge in [0.25, 0.3) is 0 Å². The molecule has 0 aromatic carbocycles. The fraction of sp³-hybridized carbons (Fsp3) is 1.00. The van der Waals surface area contributed by atoms with Crippen LogP contribution in [0.4, 0.5) is 0 Å². The van der Waals surface area contributed by atoms with Crippen LogP contribution in [0, 0.1) is 0 Å². The van der Waals surface area contributed by atoms with Gasteiger partial charge in [0.15, 0.2) is 0 Å². The molecule has 0 atom stereocenters. The van der Waals surface area contributed by atoms with Gasteiger partial charge in [0, 0.05) is 65.1 Å². The van der Waals surface area contributed by atoms with Gasteiger partial charge in [0.2, 0.25) is 0 Å². The first-order valence-electron chi connectivity index (χ1n) is 10.6. The Morgan fingerprint density at radius 3 is 1.22 bits per heavy atom. The molecule has 14 heteroatoms. The molecule has 32 heavy (non-hydrogen) atoms. The summed E-state index contributed by atoms with van der Waals surface area (Å²) in [5, 5.41) is 0. The summed E-state index contributed by atoms with van der Waals surface area (Å²) in [6, 6.07) is 1.68. The summed E-state index contributed by atoms with van der Waals surface area (Å²) in [7, 11) is 17.2. The summed E-state index contributed by atoms with van der Waals surface area (Å²) >= 11 is 0. The molecule has 194 valence electrons. The monoisotopic (exact) mass is 568 g/mol. The van der Waals surface area contributed by atoms with Crippen molar-refractivity contribution in [3.05, 3.63) is 0 Å². The predicted octanol–water partition coefficient (Wildman–Crippen LogP) is 4.06. The summed E-state index contributed by atoms with van der Waals surface area (Å²) in [6.45, 7) is 2.99. The van der Waals surface area contributed by atoms with Crippen molar-refractivity contribution in [3.8, 4) is 0 Å². The van der Waals surface area contributed by atoms with E-state index in [4.69, 9.17) is 26.6 Å². The molecule has 0 bridgehead atoms. The fourth-order valence-corrected chi connectivity index (χ4v) is 13.1. The Morgan fingerprint density at radius 1 is 0.594 bits per heavy atom. The lowest BCUT2D eigenvalue weighted by molar-refractivity contribution is 0.0906. The van der Waals surface area contributed by atoms with Crippen LogP contribution in [-0.4, -0.2) is 122 Å². The molecule has 0 aromatic heterocycles. The minimum atomic E-state index is -2.53. The molecule has 0 rings (SSSR count). The highest BCUT2D eigenvalue weighted by molar-refractivity contribution is 9.26. The van der Waals surface area contributed by atoms with E-state index in [0.29, 0.717) is 13.2 Å². The lowest BCUT2D eigenvalue weighted by Gasteiger charge is -2.27. The first-order valence-corrected chi connectivity index (χ1v) is 19.7. The van der Waals surface area contributed by atoms with Crippen LogP contribution in [0.1, 0.15) is 12.8 Å². The summed E-state index contributed by atoms with van der Waals surface area (Å²) in [4.78, 5) is 4.19. The van der Waals surface area contributed by atoms with Gasteiger partial charge in [-0.15, -0.1) is 0 Å². The Bertz CT molecular complexity index is 402. The summed E-state index contributed by atoms with van der Waals surface area (Å²) in [5.41, 5.74) is 0. The van der Waals surface area contributed by atoms with Crippen LogP contribution in [0.5, 0.6) is 0 Å². The van der Waals surface area contributed by atoms with E-state index >= 15 is 0 Å². The Hall–Kier alpha value is 1.51. The first kappa shape index (κ1) is 33.5. The maximum absolute atomic E-state index is 5.99. The number of rotatable bonds is 23. The summed E-state index contributed by atoms with van der Waals surface area (Å²) < 4.78 is 34.6. The number of hydrogen-bond acceptors (Lipinski definition) is 12. The average molecular weight is 569 g/mol. The van der Waals surface area contributed by atoms with Gasteiger partial charge < -0.3 is 36.4 Å². The van der Waals surface area contributed by atoms with Gasteiger partial charge in [0.05, 0.1) is 13.2 Å². The number of nitrogens with zero attached hydrogens (tertiary/aromatic N) is 2. The van der Waals surface area contributed by atoms with Gasteiger partial charge in [-0.1, -0.05) is 21.6 Å². The zero-order chi connectivity index (χ0) is 24.3. The Morgan fingerprint density at radius 2 is 0.938 bits per heavy atom. The van der Waals surface area contributed by atoms with Gasteiger partial charge in [-0.05, 0) is 60.7 Å². The molecular formula is C18H44N2O6S4Si2. The van der Waals surface area contributed by atoms with Crippen molar-refractivity contribution in [3.63, 3.8) is 0 Å². The van der Waals surface area contributed by atoms with E-state index in [1.807, 2.05) is 69.4 Å². The highest BCUT2D eigenvalue weighted by atomic mass is 33.7. The van der Waals surface area contributed by atoms with Crippen molar-refractivity contribution >= 4 is 58.8 Å². The molecule has 0 aliphatic carbocycles. The maximum Gasteiger partial charge on any atom is 0.500 e. The van der Waals surface area contributed by atoms with Gasteiger partial charge >= 0.3 is 17.6 Å². The summed E-state index contributed by atoms with van der Waals surface area (Å²) in [6.07, 6.45) is 2.03. The quantitative estimate of drug-likeness (QED) is 0.101. The van der Waals surface area contributed by atoms with Crippen LogP contribution in [0.3, 0.4) is 0 Å². The van der Waals surface area contributed by atoms with Crippen molar-refractivity contribution < 1.29 is 26.6 Å². The van der Waals surface area contributed by atoms with E-state index in [2.05, 4.69) is 9.80 Å². The van der Waals surface area contributed by atoms with Gasteiger partial charge in [-0.3, -0.25) is 0 Å². The molecular weight excluding hydrogens is 525 g/mol. The van der Waals surface area contributed by atoms with Gasteiger partial charge in [-0.2, -0.15) is 0 Å². The Kier molecular flexibility index (Phi) is 21.7. The van der Waals surface area contributed by atoms with E-state index in [1.54, 1.807) is 28.4 Å². The van der Waals surface area contributed by atoms with Crippen LogP contribution in [-0.2, 0) is 26.6 Å². The molecule has 0 fully saturated rings. The third-order valence-corrected chi connectivity index (χ3v) is 16.9. The second-order valence-corrected chi connectivity index (χ2v) is 19.7. The van der Waals surface area contributed by atoms with Crippen LogP contribution in [0.2, 0.25) is 12.1 Å². The minimum absolute atomic E-state index is 0.631. The fourth-order valence-electron chi connectivity index (χ4n) is 2.52. The topological polar surface area (TPSA) is 61.9 Å². The zero-order valence-corrected chi connectivity index (χ0v) is 26.3. The van der Waals surface area contributed by atoms with Crippen molar-refractivity contribution in [1.82, 2.24) is 9.80 Å². The molecule has 0 saturated carbocycles. The van der Waals surface area contributed by atoms with Crippen LogP contribution < -0.4 is 0 Å². The molecule has 0 aromatic rings. The zero-order valence-electron chi connectivity index (χ0n) is 21.0. The van der Waals surface area contributed by atoms with Crippen LogP contribution in [0.15, 0.2) is 0 Å². The second kappa shape index (κ2) is 20.7. The van der Waals surface area contributed by atoms with E-state index in [-0.39, 0.29) is 0 Å². The second-order valence-electron chi connectivity index (χ2n) is 7.47. The normalized spacial score (nSPS) is 12.9. The van der Waals surface area contributed by atoms with E-state index in [0.717, 1.165) is 49.5 Å². The summed E-state index contributed by atoms with van der Waals surface area (Å²) in [5.74, 6) is 2.08. The molecule has 0 radical (unpaired) electrons. The SMILES string of the molecule is CO[Si](CCCSSSSCCC[Si](OC)(OC)OCCN(C)C)(OC)OCCN(C)C. The molecule has 0 aliphatic heterocycles. The molecule has 0 heterocycles. The van der Waals surface area contributed by atoms with Crippen LogP contribution >= 0.6 is 41.2 Å². The average Bonchev–Trinajstić information content (AvgIpc) is 2.77. The van der Waals surface area contributed by atoms with Crippen molar-refractivity contribution in [2.24, 2.45) is 0 Å². The highest BCUT2D eigenvalue weighted by Crippen LogP contribution is 2.43. The molecule has 0 amide bonds. The van der Waals surface area contributed by atoms with E-state index in [1.165, 1.54) is 0 Å². The first-order chi connectivity index (χ1) is 15.3. The van der Waals surface area contributed by atoms with Crippen molar-refractivity contribution in [2.45, 2.75) is 24.9 Å². The molecule has 0 spiro atoms. The molecule has 0 aliphatic rings. The maximum atomic E-state index is 5.99. The highest BCUT2D eigenvalue weighted by Gasteiger charge is 2.39. The lowest BCUT2D eigenvalue weighted by Crippen LogP contribution is -2.45. The molecule has 0 saturated heterocycles. The molecule has 0 unspecified atom stereocenters. The number of likely N-dealkylation sites (N-methyl/N-ethyl adjacent to an activating group) is 2. The third-order valence-electron chi connectivity index (χ3n) is 4.51. The lowest BCUT2D eigenvalue weighted by atomic mass is 10.6. The van der Waals surface area contributed by atoms with E-state index in [9.17, 15) is 0 Å². The standard InChI is InChI=1S/C18H44N2O6S4Si2/c1-19(2)11-13-25-31(21-5,22-6)17-9-15-27-29-30-28-16-10-18-32(23-7,24-8)26-14-12-20(3)4/h9-18H2,1-8H3. The Balaban J connectivity index is 3.91.